The van der Waals surface area contributed by atoms with E-state index in [9.17, 15) is 4.79 Å². The van der Waals surface area contributed by atoms with Crippen LogP contribution in [-0.4, -0.2) is 38.5 Å². The first-order valence-corrected chi connectivity index (χ1v) is 8.91. The summed E-state index contributed by atoms with van der Waals surface area (Å²) in [5, 5.41) is 9.80. The molecule has 2 rings (SSSR count). The summed E-state index contributed by atoms with van der Waals surface area (Å²) in [6.07, 6.45) is 9.55. The number of hydrogen-bond acceptors (Lipinski definition) is 2. The Balaban J connectivity index is 0.00000264. The van der Waals surface area contributed by atoms with E-state index in [0.717, 1.165) is 44.9 Å². The van der Waals surface area contributed by atoms with Crippen molar-refractivity contribution >= 4 is 35.8 Å². The third kappa shape index (κ3) is 6.12. The van der Waals surface area contributed by atoms with Gasteiger partial charge in [0, 0.05) is 32.6 Å². The van der Waals surface area contributed by atoms with Crippen molar-refractivity contribution in [3.8, 4) is 0 Å². The zero-order chi connectivity index (χ0) is 15.8. The highest BCUT2D eigenvalue weighted by atomic mass is 127. The van der Waals surface area contributed by atoms with E-state index in [-0.39, 0.29) is 35.8 Å². The van der Waals surface area contributed by atoms with E-state index in [0.29, 0.717) is 5.41 Å². The summed E-state index contributed by atoms with van der Waals surface area (Å²) in [6.45, 7) is 4.88. The van der Waals surface area contributed by atoms with Crippen molar-refractivity contribution in [1.82, 2.24) is 16.0 Å². The molecule has 23 heavy (non-hydrogen) atoms. The predicted octanol–water partition coefficient (Wildman–Crippen LogP) is 2.66. The maximum absolute atomic E-state index is 11.7. The first kappa shape index (κ1) is 20.5. The van der Waals surface area contributed by atoms with Gasteiger partial charge in [0.15, 0.2) is 5.96 Å². The highest BCUT2D eigenvalue weighted by Gasteiger charge is 2.34. The van der Waals surface area contributed by atoms with E-state index >= 15 is 0 Å². The molecule has 2 saturated carbocycles. The molecule has 134 valence electrons. The molecule has 2 fully saturated rings. The molecule has 0 aliphatic heterocycles. The molecule has 0 unspecified atom stereocenters. The van der Waals surface area contributed by atoms with E-state index < -0.39 is 0 Å². The van der Waals surface area contributed by atoms with Gasteiger partial charge in [0.25, 0.3) is 0 Å². The third-order valence-corrected chi connectivity index (χ3v) is 5.44. The van der Waals surface area contributed by atoms with Gasteiger partial charge < -0.3 is 16.0 Å². The molecule has 2 aliphatic carbocycles. The molecule has 3 N–H and O–H groups in total. The smallest absolute Gasteiger partial charge is 0.223 e. The second-order valence-corrected chi connectivity index (χ2v) is 6.83. The lowest BCUT2D eigenvalue weighted by molar-refractivity contribution is -0.127. The van der Waals surface area contributed by atoms with Gasteiger partial charge in [0.2, 0.25) is 5.91 Å². The average Bonchev–Trinajstić information content (AvgIpc) is 2.42. The van der Waals surface area contributed by atoms with Crippen molar-refractivity contribution in [3.63, 3.8) is 0 Å². The Morgan fingerprint density at radius 1 is 1.13 bits per heavy atom. The van der Waals surface area contributed by atoms with Crippen LogP contribution >= 0.6 is 24.0 Å². The van der Waals surface area contributed by atoms with E-state index in [1.807, 2.05) is 7.05 Å². The Morgan fingerprint density at radius 3 is 2.30 bits per heavy atom. The minimum atomic E-state index is 0. The molecule has 0 radical (unpaired) electrons. The van der Waals surface area contributed by atoms with E-state index in [2.05, 4.69) is 27.9 Å². The molecule has 0 aromatic carbocycles. The molecule has 0 heterocycles. The predicted molar refractivity (Wildman–Crippen MR) is 106 cm³/mol. The molecule has 0 aromatic heterocycles. The number of halogens is 1. The van der Waals surface area contributed by atoms with E-state index in [1.54, 1.807) is 0 Å². The van der Waals surface area contributed by atoms with Gasteiger partial charge in [-0.1, -0.05) is 19.8 Å². The number of amides is 1. The van der Waals surface area contributed by atoms with Crippen LogP contribution in [0.2, 0.25) is 0 Å². The normalized spacial score (nSPS) is 19.8. The number of guanidine groups is 1. The second-order valence-electron chi connectivity index (χ2n) is 6.83. The van der Waals surface area contributed by atoms with Crippen LogP contribution in [0.3, 0.4) is 0 Å². The largest absolute Gasteiger partial charge is 0.356 e. The van der Waals surface area contributed by atoms with Gasteiger partial charge in [-0.25, -0.2) is 0 Å². The maximum Gasteiger partial charge on any atom is 0.223 e. The first-order valence-electron chi connectivity index (χ1n) is 8.91. The molecule has 0 bridgehead atoms. The highest BCUT2D eigenvalue weighted by molar-refractivity contribution is 14.0. The maximum atomic E-state index is 11.7. The van der Waals surface area contributed by atoms with Gasteiger partial charge in [-0.05, 0) is 43.9 Å². The number of hydrogen-bond donors (Lipinski definition) is 3. The fraction of sp³-hybridized carbons (Fsp3) is 0.882. The molecule has 2 aliphatic rings. The molecular weight excluding hydrogens is 403 g/mol. The van der Waals surface area contributed by atoms with Crippen molar-refractivity contribution in [3.05, 3.63) is 0 Å². The van der Waals surface area contributed by atoms with Crippen LogP contribution in [0.25, 0.3) is 0 Å². The number of nitrogens with one attached hydrogen (secondary N) is 3. The van der Waals surface area contributed by atoms with Crippen LogP contribution in [0.5, 0.6) is 0 Å². The number of nitrogens with zero attached hydrogens (tertiary/aromatic N) is 1. The van der Waals surface area contributed by atoms with Gasteiger partial charge in [0.1, 0.15) is 0 Å². The van der Waals surface area contributed by atoms with Crippen LogP contribution in [0, 0.1) is 11.3 Å². The number of carbonyl (C=O) groups excluding carboxylic acids is 1. The molecule has 0 spiro atoms. The van der Waals surface area contributed by atoms with Gasteiger partial charge in [-0.2, -0.15) is 0 Å². The monoisotopic (exact) mass is 436 g/mol. The van der Waals surface area contributed by atoms with Crippen LogP contribution in [0.4, 0.5) is 0 Å². The molecule has 0 aromatic rings. The lowest BCUT2D eigenvalue weighted by Gasteiger charge is -2.41. The van der Waals surface area contributed by atoms with Crippen molar-refractivity contribution in [2.75, 3.05) is 26.7 Å². The van der Waals surface area contributed by atoms with Crippen molar-refractivity contribution in [2.24, 2.45) is 16.3 Å². The average molecular weight is 436 g/mol. The molecule has 0 atom stereocenters. The lowest BCUT2D eigenvalue weighted by atomic mass is 9.67. The Hall–Kier alpha value is -0.530. The minimum absolute atomic E-state index is 0. The summed E-state index contributed by atoms with van der Waals surface area (Å²) in [7, 11) is 1.81. The fourth-order valence-electron chi connectivity index (χ4n) is 3.15. The number of rotatable bonds is 8. The van der Waals surface area contributed by atoms with E-state index in [4.69, 9.17) is 0 Å². The number of carbonyl (C=O) groups is 1. The molecule has 0 saturated heterocycles. The SMILES string of the molecule is CCC1(CNC(=NC)NCCCNC(=O)C2CCC2)CCC1.I. The lowest BCUT2D eigenvalue weighted by Crippen LogP contribution is -2.46. The Bertz CT molecular complexity index is 387. The zero-order valence-electron chi connectivity index (χ0n) is 14.6. The third-order valence-electron chi connectivity index (χ3n) is 5.44. The summed E-state index contributed by atoms with van der Waals surface area (Å²) in [5.41, 5.74) is 0.494. The first-order chi connectivity index (χ1) is 10.7. The summed E-state index contributed by atoms with van der Waals surface area (Å²) in [6, 6.07) is 0. The molecule has 5 nitrogen and oxygen atoms in total. The van der Waals surface area contributed by atoms with Crippen LogP contribution in [-0.2, 0) is 4.79 Å². The van der Waals surface area contributed by atoms with Crippen LogP contribution in [0.15, 0.2) is 4.99 Å². The van der Waals surface area contributed by atoms with Crippen molar-refractivity contribution in [1.29, 1.82) is 0 Å². The van der Waals surface area contributed by atoms with Gasteiger partial charge in [-0.15, -0.1) is 24.0 Å². The highest BCUT2D eigenvalue weighted by Crippen LogP contribution is 2.42. The van der Waals surface area contributed by atoms with E-state index in [1.165, 1.54) is 32.1 Å². The summed E-state index contributed by atoms with van der Waals surface area (Å²) in [5.74, 6) is 1.41. The Morgan fingerprint density at radius 2 is 1.83 bits per heavy atom. The molecular formula is C17H33IN4O. The molecule has 6 heteroatoms. The van der Waals surface area contributed by atoms with Crippen LogP contribution < -0.4 is 16.0 Å². The second kappa shape index (κ2) is 10.4. The Kier molecular flexibility index (Phi) is 9.24. The zero-order valence-corrected chi connectivity index (χ0v) is 16.9. The topological polar surface area (TPSA) is 65.5 Å². The van der Waals surface area contributed by atoms with Gasteiger partial charge in [0.05, 0.1) is 0 Å². The number of aliphatic imine (C=N–C) groups is 1. The van der Waals surface area contributed by atoms with Gasteiger partial charge in [-0.3, -0.25) is 9.79 Å². The summed E-state index contributed by atoms with van der Waals surface area (Å²) >= 11 is 0. The summed E-state index contributed by atoms with van der Waals surface area (Å²) in [4.78, 5) is 16.0. The van der Waals surface area contributed by atoms with Crippen molar-refractivity contribution in [2.45, 2.75) is 58.3 Å². The van der Waals surface area contributed by atoms with Crippen molar-refractivity contribution < 1.29 is 4.79 Å². The standard InChI is InChI=1S/C17H32N4O.HI/c1-3-17(9-5-10-17)13-21-16(18-2)20-12-6-11-19-15(22)14-7-4-8-14;/h14H,3-13H2,1-2H3,(H,19,22)(H2,18,20,21);1H. The fourth-order valence-corrected chi connectivity index (χ4v) is 3.15. The quantitative estimate of drug-likeness (QED) is 0.237. The molecule has 1 amide bonds. The van der Waals surface area contributed by atoms with Crippen LogP contribution in [0.1, 0.15) is 58.3 Å². The Labute approximate surface area is 157 Å². The summed E-state index contributed by atoms with van der Waals surface area (Å²) < 4.78 is 0. The minimum Gasteiger partial charge on any atom is -0.356 e. The van der Waals surface area contributed by atoms with Gasteiger partial charge >= 0.3 is 0 Å².